The standard InChI is InChI=1S/C18H16N2O6S/c21-16(10-20-17(22)14-5-1-2-6-15(14)18(20)23)19-8-13(9-19)27(24,25)11-12-4-3-7-26-12/h1-7,13H,8-11H2. The Hall–Kier alpha value is -2.94. The molecule has 1 fully saturated rings. The fraction of sp³-hybridized carbons (Fsp3) is 0.278. The molecule has 0 spiro atoms. The lowest BCUT2D eigenvalue weighted by molar-refractivity contribution is -0.134. The monoisotopic (exact) mass is 388 g/mol. The number of carbonyl (C=O) groups is 3. The zero-order valence-corrected chi connectivity index (χ0v) is 15.0. The van der Waals surface area contributed by atoms with Crippen LogP contribution in [0.2, 0.25) is 0 Å². The summed E-state index contributed by atoms with van der Waals surface area (Å²) in [7, 11) is -3.44. The van der Waals surface area contributed by atoms with E-state index in [2.05, 4.69) is 0 Å². The molecular weight excluding hydrogens is 372 g/mol. The lowest BCUT2D eigenvalue weighted by Gasteiger charge is -2.39. The predicted octanol–water partition coefficient (Wildman–Crippen LogP) is 0.701. The van der Waals surface area contributed by atoms with Gasteiger partial charge in [0.1, 0.15) is 18.1 Å². The van der Waals surface area contributed by atoms with Crippen LogP contribution in [-0.4, -0.2) is 60.8 Å². The number of benzene rings is 1. The highest BCUT2D eigenvalue weighted by molar-refractivity contribution is 7.91. The molecule has 8 nitrogen and oxygen atoms in total. The van der Waals surface area contributed by atoms with Crippen LogP contribution in [0.1, 0.15) is 26.5 Å². The molecule has 4 rings (SSSR count). The van der Waals surface area contributed by atoms with Gasteiger partial charge >= 0.3 is 0 Å². The van der Waals surface area contributed by atoms with Gasteiger partial charge in [-0.3, -0.25) is 19.3 Å². The summed E-state index contributed by atoms with van der Waals surface area (Å²) in [4.78, 5) is 39.2. The quantitative estimate of drug-likeness (QED) is 0.699. The number of rotatable bonds is 5. The van der Waals surface area contributed by atoms with Gasteiger partial charge in [0.25, 0.3) is 11.8 Å². The molecule has 2 aliphatic heterocycles. The first-order valence-electron chi connectivity index (χ1n) is 8.34. The minimum atomic E-state index is -3.44. The molecule has 0 aliphatic carbocycles. The molecule has 1 aromatic heterocycles. The van der Waals surface area contributed by atoms with Crippen LogP contribution in [0.25, 0.3) is 0 Å². The lowest BCUT2D eigenvalue weighted by Crippen LogP contribution is -2.59. The van der Waals surface area contributed by atoms with Crippen LogP contribution in [0.3, 0.4) is 0 Å². The summed E-state index contributed by atoms with van der Waals surface area (Å²) < 4.78 is 29.7. The van der Waals surface area contributed by atoms with Crippen molar-refractivity contribution in [3.05, 3.63) is 59.5 Å². The number of imide groups is 1. The Kier molecular flexibility index (Phi) is 4.11. The molecule has 0 N–H and O–H groups in total. The third-order valence-electron chi connectivity index (χ3n) is 4.80. The number of furan rings is 1. The number of hydrogen-bond acceptors (Lipinski definition) is 6. The zero-order chi connectivity index (χ0) is 19.2. The van der Waals surface area contributed by atoms with Crippen molar-refractivity contribution in [1.82, 2.24) is 9.80 Å². The van der Waals surface area contributed by atoms with Gasteiger partial charge < -0.3 is 9.32 Å². The SMILES string of the molecule is O=C(CN1C(=O)c2ccccc2C1=O)N1CC(S(=O)(=O)Cc2ccco2)C1. The highest BCUT2D eigenvalue weighted by Crippen LogP contribution is 2.24. The number of carbonyl (C=O) groups excluding carboxylic acids is 3. The molecular formula is C18H16N2O6S. The number of likely N-dealkylation sites (tertiary alicyclic amines) is 1. The van der Waals surface area contributed by atoms with Gasteiger partial charge in [-0.15, -0.1) is 0 Å². The van der Waals surface area contributed by atoms with Gasteiger partial charge in [0.05, 0.1) is 22.6 Å². The Morgan fingerprint density at radius 2 is 1.67 bits per heavy atom. The van der Waals surface area contributed by atoms with Crippen molar-refractivity contribution in [3.63, 3.8) is 0 Å². The van der Waals surface area contributed by atoms with Crippen LogP contribution in [0, 0.1) is 0 Å². The predicted molar refractivity (Wildman–Crippen MR) is 93.5 cm³/mol. The fourth-order valence-corrected chi connectivity index (χ4v) is 4.81. The second kappa shape index (κ2) is 6.34. The fourth-order valence-electron chi connectivity index (χ4n) is 3.20. The van der Waals surface area contributed by atoms with E-state index in [9.17, 15) is 22.8 Å². The van der Waals surface area contributed by atoms with Crippen molar-refractivity contribution in [3.8, 4) is 0 Å². The maximum atomic E-state index is 12.4. The molecule has 2 aliphatic rings. The molecule has 0 unspecified atom stereocenters. The highest BCUT2D eigenvalue weighted by Gasteiger charge is 2.42. The van der Waals surface area contributed by atoms with E-state index in [1.54, 1.807) is 36.4 Å². The number of sulfone groups is 1. The van der Waals surface area contributed by atoms with Gasteiger partial charge in [0.15, 0.2) is 9.84 Å². The van der Waals surface area contributed by atoms with Crippen LogP contribution < -0.4 is 0 Å². The van der Waals surface area contributed by atoms with Crippen molar-refractivity contribution in [2.45, 2.75) is 11.0 Å². The Labute approximate surface area is 155 Å². The zero-order valence-electron chi connectivity index (χ0n) is 14.2. The van der Waals surface area contributed by atoms with Crippen LogP contribution >= 0.6 is 0 Å². The normalized spacial score (nSPS) is 17.2. The molecule has 0 radical (unpaired) electrons. The first-order valence-corrected chi connectivity index (χ1v) is 10.1. The van der Waals surface area contributed by atoms with Crippen LogP contribution in [0.5, 0.6) is 0 Å². The molecule has 0 atom stereocenters. The van der Waals surface area contributed by atoms with E-state index in [1.807, 2.05) is 0 Å². The van der Waals surface area contributed by atoms with Gasteiger partial charge in [0.2, 0.25) is 5.91 Å². The summed E-state index contributed by atoms with van der Waals surface area (Å²) in [6.45, 7) is -0.298. The second-order valence-corrected chi connectivity index (χ2v) is 8.83. The molecule has 2 aromatic rings. The van der Waals surface area contributed by atoms with Gasteiger partial charge in [0, 0.05) is 13.1 Å². The van der Waals surface area contributed by atoms with Crippen molar-refractivity contribution < 1.29 is 27.2 Å². The molecule has 140 valence electrons. The molecule has 1 aromatic carbocycles. The van der Waals surface area contributed by atoms with Gasteiger partial charge in [-0.05, 0) is 24.3 Å². The first-order chi connectivity index (χ1) is 12.9. The molecule has 1 saturated heterocycles. The van der Waals surface area contributed by atoms with Gasteiger partial charge in [-0.25, -0.2) is 8.42 Å². The van der Waals surface area contributed by atoms with Crippen LogP contribution in [0.4, 0.5) is 0 Å². The summed E-state index contributed by atoms with van der Waals surface area (Å²) in [5, 5.41) is -0.672. The van der Waals surface area contributed by atoms with Crippen molar-refractivity contribution >= 4 is 27.6 Å². The van der Waals surface area contributed by atoms with Gasteiger partial charge in [-0.1, -0.05) is 12.1 Å². The molecule has 27 heavy (non-hydrogen) atoms. The Morgan fingerprint density at radius 1 is 1.04 bits per heavy atom. The minimum Gasteiger partial charge on any atom is -0.468 e. The maximum absolute atomic E-state index is 12.4. The summed E-state index contributed by atoms with van der Waals surface area (Å²) in [5.41, 5.74) is 0.552. The van der Waals surface area contributed by atoms with E-state index in [0.717, 1.165) is 4.90 Å². The average molecular weight is 388 g/mol. The van der Waals surface area contributed by atoms with Gasteiger partial charge in [-0.2, -0.15) is 0 Å². The minimum absolute atomic E-state index is 0.0467. The van der Waals surface area contributed by atoms with Crippen molar-refractivity contribution in [2.24, 2.45) is 0 Å². The Balaban J connectivity index is 1.36. The summed E-state index contributed by atoms with van der Waals surface area (Å²) in [6, 6.07) is 9.59. The van der Waals surface area contributed by atoms with Crippen LogP contribution in [0.15, 0.2) is 47.1 Å². The lowest BCUT2D eigenvalue weighted by atomic mass is 10.1. The van der Waals surface area contributed by atoms with E-state index >= 15 is 0 Å². The topological polar surface area (TPSA) is 105 Å². The van der Waals surface area contributed by atoms with E-state index < -0.39 is 39.4 Å². The Morgan fingerprint density at radius 3 is 2.22 bits per heavy atom. The third kappa shape index (κ3) is 3.03. The second-order valence-electron chi connectivity index (χ2n) is 6.55. The number of nitrogens with zero attached hydrogens (tertiary/aromatic N) is 2. The number of amides is 3. The third-order valence-corrected chi connectivity index (χ3v) is 6.80. The highest BCUT2D eigenvalue weighted by atomic mass is 32.2. The van der Waals surface area contributed by atoms with E-state index in [1.165, 1.54) is 11.2 Å². The molecule has 3 heterocycles. The molecule has 0 bridgehead atoms. The van der Waals surface area contributed by atoms with Crippen molar-refractivity contribution in [1.29, 1.82) is 0 Å². The molecule has 0 saturated carbocycles. The largest absolute Gasteiger partial charge is 0.468 e. The summed E-state index contributed by atoms with van der Waals surface area (Å²) in [6.07, 6.45) is 1.41. The van der Waals surface area contributed by atoms with Crippen molar-refractivity contribution in [2.75, 3.05) is 19.6 Å². The number of fused-ring (bicyclic) bond motifs is 1. The maximum Gasteiger partial charge on any atom is 0.262 e. The smallest absolute Gasteiger partial charge is 0.262 e. The number of hydrogen-bond donors (Lipinski definition) is 0. The first kappa shape index (κ1) is 17.5. The Bertz CT molecular complexity index is 987. The summed E-state index contributed by atoms with van der Waals surface area (Å²) >= 11 is 0. The van der Waals surface area contributed by atoms with E-state index in [-0.39, 0.29) is 30.0 Å². The van der Waals surface area contributed by atoms with E-state index in [4.69, 9.17) is 4.42 Å². The van der Waals surface area contributed by atoms with E-state index in [0.29, 0.717) is 5.76 Å². The molecule has 3 amide bonds. The van der Waals surface area contributed by atoms with Crippen LogP contribution in [-0.2, 0) is 20.4 Å². The molecule has 9 heteroatoms. The average Bonchev–Trinajstić information content (AvgIpc) is 3.16. The summed E-state index contributed by atoms with van der Waals surface area (Å²) in [5.74, 6) is -1.33.